The van der Waals surface area contributed by atoms with Gasteiger partial charge in [0.15, 0.2) is 0 Å². The van der Waals surface area contributed by atoms with E-state index in [1.54, 1.807) is 25.2 Å². The molecule has 0 bridgehead atoms. The fraction of sp³-hybridized carbons (Fsp3) is 0.318. The van der Waals surface area contributed by atoms with Crippen molar-refractivity contribution in [2.75, 3.05) is 31.3 Å². The van der Waals surface area contributed by atoms with E-state index < -0.39 is 0 Å². The molecule has 0 fully saturated rings. The van der Waals surface area contributed by atoms with E-state index in [2.05, 4.69) is 10.6 Å². The number of para-hydroxylation sites is 1. The second kappa shape index (κ2) is 9.63. The molecule has 3 amide bonds. The summed E-state index contributed by atoms with van der Waals surface area (Å²) in [6.07, 6.45) is 1.21. The van der Waals surface area contributed by atoms with E-state index in [9.17, 15) is 14.4 Å². The highest BCUT2D eigenvalue weighted by atomic mass is 35.5. The number of carbonyl (C=O) groups excluding carboxylic acids is 3. The van der Waals surface area contributed by atoms with E-state index in [-0.39, 0.29) is 36.6 Å². The van der Waals surface area contributed by atoms with Crippen LogP contribution in [0, 0.1) is 5.92 Å². The summed E-state index contributed by atoms with van der Waals surface area (Å²) in [6.45, 7) is -0.117. The molecule has 0 saturated heterocycles. The average molecular weight is 430 g/mol. The van der Waals surface area contributed by atoms with Crippen molar-refractivity contribution in [3.63, 3.8) is 0 Å². The quantitative estimate of drug-likeness (QED) is 0.706. The maximum atomic E-state index is 12.5. The number of amides is 3. The number of nitrogens with zero attached hydrogens (tertiary/aromatic N) is 1. The van der Waals surface area contributed by atoms with Crippen LogP contribution in [0.1, 0.15) is 18.4 Å². The minimum atomic E-state index is -0.365. The lowest BCUT2D eigenvalue weighted by Crippen LogP contribution is -2.36. The molecule has 0 spiro atoms. The third-order valence-corrected chi connectivity index (χ3v) is 5.30. The number of fused-ring (bicyclic) bond motifs is 1. The zero-order valence-electron chi connectivity index (χ0n) is 16.9. The predicted octanol–water partition coefficient (Wildman–Crippen LogP) is 3.34. The molecule has 1 atom stereocenters. The second-order valence-corrected chi connectivity index (χ2v) is 7.67. The zero-order valence-corrected chi connectivity index (χ0v) is 17.7. The second-order valence-electron chi connectivity index (χ2n) is 7.23. The number of hydrogen-bond acceptors (Lipinski definition) is 4. The summed E-state index contributed by atoms with van der Waals surface area (Å²) in [5.41, 5.74) is 2.33. The number of anilines is 2. The molecule has 2 N–H and O–H groups in total. The summed E-state index contributed by atoms with van der Waals surface area (Å²) in [5, 5.41) is 6.05. The molecule has 158 valence electrons. The SMILES string of the molecule is COc1ccc(Cl)cc1NC(=O)CN(C)C(=O)CCC1Cc2ccccc2NC1=O. The lowest BCUT2D eigenvalue weighted by atomic mass is 9.89. The Morgan fingerprint density at radius 3 is 2.80 bits per heavy atom. The number of methoxy groups -OCH3 is 1. The Bertz CT molecular complexity index is 963. The van der Waals surface area contributed by atoms with Crippen LogP contribution in [-0.2, 0) is 20.8 Å². The van der Waals surface area contributed by atoms with Gasteiger partial charge in [-0.25, -0.2) is 0 Å². The van der Waals surface area contributed by atoms with E-state index in [0.717, 1.165) is 11.3 Å². The number of carbonyl (C=O) groups is 3. The van der Waals surface area contributed by atoms with Gasteiger partial charge in [-0.05, 0) is 42.7 Å². The van der Waals surface area contributed by atoms with Crippen LogP contribution in [0.2, 0.25) is 5.02 Å². The standard InChI is InChI=1S/C22H24ClN3O4/c1-26(13-20(27)24-18-12-16(23)8-9-19(18)30-2)21(28)10-7-15-11-14-5-3-4-6-17(14)25-22(15)29/h3-6,8-9,12,15H,7,10-11,13H2,1-2H3,(H,24,27)(H,25,29). The number of halogens is 1. The van der Waals surface area contributed by atoms with Crippen molar-refractivity contribution >= 4 is 40.7 Å². The molecule has 1 aliphatic rings. The topological polar surface area (TPSA) is 87.7 Å². The highest BCUT2D eigenvalue weighted by Gasteiger charge is 2.27. The monoisotopic (exact) mass is 429 g/mol. The number of nitrogens with one attached hydrogen (secondary N) is 2. The third kappa shape index (κ3) is 5.30. The van der Waals surface area contributed by atoms with Gasteiger partial charge in [-0.15, -0.1) is 0 Å². The van der Waals surface area contributed by atoms with Gasteiger partial charge < -0.3 is 20.3 Å². The summed E-state index contributed by atoms with van der Waals surface area (Å²) in [7, 11) is 3.06. The van der Waals surface area contributed by atoms with Crippen LogP contribution in [0.15, 0.2) is 42.5 Å². The Balaban J connectivity index is 1.51. The largest absolute Gasteiger partial charge is 0.495 e. The molecule has 2 aromatic carbocycles. The van der Waals surface area contributed by atoms with Crippen LogP contribution in [0.3, 0.4) is 0 Å². The lowest BCUT2D eigenvalue weighted by molar-refractivity contribution is -0.133. The Morgan fingerprint density at radius 1 is 1.27 bits per heavy atom. The van der Waals surface area contributed by atoms with Gasteiger partial charge in [0.05, 0.1) is 19.3 Å². The molecule has 0 saturated carbocycles. The van der Waals surface area contributed by atoms with Crippen molar-refractivity contribution in [1.82, 2.24) is 4.90 Å². The van der Waals surface area contributed by atoms with Crippen LogP contribution < -0.4 is 15.4 Å². The molecule has 2 aromatic rings. The first-order chi connectivity index (χ1) is 14.4. The van der Waals surface area contributed by atoms with Gasteiger partial charge in [0.25, 0.3) is 0 Å². The summed E-state index contributed by atoms with van der Waals surface area (Å²) in [5.74, 6) is -0.423. The molecular formula is C22H24ClN3O4. The van der Waals surface area contributed by atoms with E-state index in [1.165, 1.54) is 12.0 Å². The van der Waals surface area contributed by atoms with Crippen molar-refractivity contribution in [2.45, 2.75) is 19.3 Å². The fourth-order valence-corrected chi connectivity index (χ4v) is 3.58. The van der Waals surface area contributed by atoms with Crippen LogP contribution in [-0.4, -0.2) is 43.3 Å². The van der Waals surface area contributed by atoms with Gasteiger partial charge in [-0.1, -0.05) is 29.8 Å². The van der Waals surface area contributed by atoms with E-state index in [1.807, 2.05) is 24.3 Å². The third-order valence-electron chi connectivity index (χ3n) is 5.06. The molecule has 0 radical (unpaired) electrons. The first-order valence-corrected chi connectivity index (χ1v) is 10.0. The molecule has 8 heteroatoms. The van der Waals surface area contributed by atoms with Crippen molar-refractivity contribution in [3.8, 4) is 5.75 Å². The van der Waals surface area contributed by atoms with Gasteiger partial charge in [0.2, 0.25) is 17.7 Å². The van der Waals surface area contributed by atoms with Gasteiger partial charge in [0.1, 0.15) is 5.75 Å². The zero-order chi connectivity index (χ0) is 21.7. The number of hydrogen-bond donors (Lipinski definition) is 2. The summed E-state index contributed by atoms with van der Waals surface area (Å²) < 4.78 is 5.20. The fourth-order valence-electron chi connectivity index (χ4n) is 3.41. The Labute approximate surface area is 180 Å². The molecular weight excluding hydrogens is 406 g/mol. The average Bonchev–Trinajstić information content (AvgIpc) is 2.72. The number of benzene rings is 2. The van der Waals surface area contributed by atoms with E-state index in [0.29, 0.717) is 29.3 Å². The molecule has 1 heterocycles. The summed E-state index contributed by atoms with van der Waals surface area (Å²) in [6, 6.07) is 12.5. The Kier molecular flexibility index (Phi) is 6.95. The van der Waals surface area contributed by atoms with Gasteiger partial charge in [0, 0.05) is 30.1 Å². The highest BCUT2D eigenvalue weighted by molar-refractivity contribution is 6.31. The number of likely N-dealkylation sites (N-methyl/N-ethyl adjacent to an activating group) is 1. The van der Waals surface area contributed by atoms with Crippen molar-refractivity contribution in [2.24, 2.45) is 5.92 Å². The van der Waals surface area contributed by atoms with Crippen LogP contribution >= 0.6 is 11.6 Å². The van der Waals surface area contributed by atoms with E-state index >= 15 is 0 Å². The number of rotatable bonds is 7. The maximum Gasteiger partial charge on any atom is 0.244 e. The summed E-state index contributed by atoms with van der Waals surface area (Å²) >= 11 is 5.97. The molecule has 1 unspecified atom stereocenters. The summed E-state index contributed by atoms with van der Waals surface area (Å²) in [4.78, 5) is 38.4. The maximum absolute atomic E-state index is 12.5. The highest BCUT2D eigenvalue weighted by Crippen LogP contribution is 2.28. The molecule has 30 heavy (non-hydrogen) atoms. The Morgan fingerprint density at radius 2 is 2.03 bits per heavy atom. The molecule has 0 aliphatic carbocycles. The van der Waals surface area contributed by atoms with E-state index in [4.69, 9.17) is 16.3 Å². The van der Waals surface area contributed by atoms with Crippen molar-refractivity contribution < 1.29 is 19.1 Å². The van der Waals surface area contributed by atoms with Crippen LogP contribution in [0.25, 0.3) is 0 Å². The van der Waals surface area contributed by atoms with Gasteiger partial charge >= 0.3 is 0 Å². The minimum Gasteiger partial charge on any atom is -0.495 e. The first kappa shape index (κ1) is 21.6. The molecule has 0 aromatic heterocycles. The molecule has 1 aliphatic heterocycles. The lowest BCUT2D eigenvalue weighted by Gasteiger charge is -2.25. The van der Waals surface area contributed by atoms with Gasteiger partial charge in [-0.3, -0.25) is 14.4 Å². The molecule has 7 nitrogen and oxygen atoms in total. The minimum absolute atomic E-state index is 0.0741. The van der Waals surface area contributed by atoms with Gasteiger partial charge in [-0.2, -0.15) is 0 Å². The van der Waals surface area contributed by atoms with Crippen molar-refractivity contribution in [3.05, 3.63) is 53.1 Å². The van der Waals surface area contributed by atoms with Crippen molar-refractivity contribution in [1.29, 1.82) is 0 Å². The predicted molar refractivity (Wildman–Crippen MR) is 116 cm³/mol. The normalized spacial score (nSPS) is 15.0. The molecule has 3 rings (SSSR count). The smallest absolute Gasteiger partial charge is 0.244 e. The van der Waals surface area contributed by atoms with Crippen LogP contribution in [0.4, 0.5) is 11.4 Å². The first-order valence-electron chi connectivity index (χ1n) is 9.63. The Hall–Kier alpha value is -3.06. The number of ether oxygens (including phenoxy) is 1. The van der Waals surface area contributed by atoms with Crippen LogP contribution in [0.5, 0.6) is 5.75 Å².